The highest BCUT2D eigenvalue weighted by Crippen LogP contribution is 2.38. The molecule has 25 heavy (non-hydrogen) atoms. The Morgan fingerprint density at radius 3 is 2.64 bits per heavy atom. The molecule has 140 valence electrons. The number of carbonyl (C=O) groups is 3. The van der Waals surface area contributed by atoms with Crippen LogP contribution < -0.4 is 10.6 Å². The number of hydrogen-bond acceptors (Lipinski definition) is 3. The summed E-state index contributed by atoms with van der Waals surface area (Å²) >= 11 is 0. The van der Waals surface area contributed by atoms with Gasteiger partial charge in [-0.15, -0.1) is 0 Å². The zero-order valence-electron chi connectivity index (χ0n) is 15.6. The van der Waals surface area contributed by atoms with Crippen molar-refractivity contribution in [2.24, 2.45) is 17.8 Å². The summed E-state index contributed by atoms with van der Waals surface area (Å²) in [7, 11) is 0. The summed E-state index contributed by atoms with van der Waals surface area (Å²) in [4.78, 5) is 38.9. The minimum absolute atomic E-state index is 0.116. The standard InChI is InChI=1S/C19H31N3O3/c1-12-7-6-9-15(14(12)3)20-16(23)11-22-17(24)19(21-18(22)25)10-5-4-8-13(19)2/h12-15H,4-11H2,1-3H3,(H,20,23)(H,21,25)/t12-,13+,14+,15+,19+/m1/s1. The number of rotatable bonds is 3. The van der Waals surface area contributed by atoms with Crippen molar-refractivity contribution in [3.63, 3.8) is 0 Å². The van der Waals surface area contributed by atoms with E-state index in [9.17, 15) is 14.4 Å². The van der Waals surface area contributed by atoms with E-state index in [1.807, 2.05) is 6.92 Å². The molecule has 1 saturated heterocycles. The van der Waals surface area contributed by atoms with Crippen molar-refractivity contribution in [2.45, 2.75) is 77.3 Å². The van der Waals surface area contributed by atoms with E-state index >= 15 is 0 Å². The van der Waals surface area contributed by atoms with Crippen LogP contribution in [-0.2, 0) is 9.59 Å². The zero-order chi connectivity index (χ0) is 18.2. The van der Waals surface area contributed by atoms with Crippen LogP contribution in [0.3, 0.4) is 0 Å². The SMILES string of the molecule is C[C@H]1[C@H](C)CCC[C@@H]1NC(=O)CN1C(=O)N[C@]2(CCCC[C@@H]2C)C1=O. The van der Waals surface area contributed by atoms with Crippen molar-refractivity contribution >= 4 is 17.8 Å². The Kier molecular flexibility index (Phi) is 5.07. The van der Waals surface area contributed by atoms with Gasteiger partial charge in [0.25, 0.3) is 5.91 Å². The highest BCUT2D eigenvalue weighted by Gasteiger charge is 2.55. The van der Waals surface area contributed by atoms with Crippen molar-refractivity contribution in [3.8, 4) is 0 Å². The largest absolute Gasteiger partial charge is 0.352 e. The second kappa shape index (κ2) is 6.96. The minimum Gasteiger partial charge on any atom is -0.352 e. The van der Waals surface area contributed by atoms with Crippen LogP contribution in [0, 0.1) is 17.8 Å². The Labute approximate surface area is 150 Å². The number of amides is 4. The van der Waals surface area contributed by atoms with Gasteiger partial charge in [-0.1, -0.05) is 46.5 Å². The molecule has 6 nitrogen and oxygen atoms in total. The van der Waals surface area contributed by atoms with Gasteiger partial charge in [0, 0.05) is 6.04 Å². The van der Waals surface area contributed by atoms with E-state index in [-0.39, 0.29) is 30.3 Å². The minimum atomic E-state index is -0.789. The second-order valence-corrected chi connectivity index (χ2v) is 8.38. The lowest BCUT2D eigenvalue weighted by atomic mass is 9.73. The Morgan fingerprint density at radius 1 is 1.16 bits per heavy atom. The zero-order valence-corrected chi connectivity index (χ0v) is 15.6. The molecule has 3 rings (SSSR count). The normalized spacial score (nSPS) is 38.8. The van der Waals surface area contributed by atoms with Crippen molar-refractivity contribution in [3.05, 3.63) is 0 Å². The van der Waals surface area contributed by atoms with Gasteiger partial charge < -0.3 is 10.6 Å². The summed E-state index contributed by atoms with van der Waals surface area (Å²) in [6.07, 6.45) is 6.91. The van der Waals surface area contributed by atoms with Crippen molar-refractivity contribution in [1.29, 1.82) is 0 Å². The maximum absolute atomic E-state index is 12.9. The van der Waals surface area contributed by atoms with Gasteiger partial charge in [-0.05, 0) is 37.0 Å². The van der Waals surface area contributed by atoms with E-state index in [0.29, 0.717) is 18.3 Å². The lowest BCUT2D eigenvalue weighted by Crippen LogP contribution is -2.54. The molecule has 1 aliphatic heterocycles. The molecule has 5 atom stereocenters. The first-order valence-corrected chi connectivity index (χ1v) is 9.78. The van der Waals surface area contributed by atoms with Crippen LogP contribution in [0.2, 0.25) is 0 Å². The predicted molar refractivity (Wildman–Crippen MR) is 94.7 cm³/mol. The molecule has 0 unspecified atom stereocenters. The second-order valence-electron chi connectivity index (χ2n) is 8.38. The number of nitrogens with zero attached hydrogens (tertiary/aromatic N) is 1. The fourth-order valence-electron chi connectivity index (χ4n) is 4.82. The summed E-state index contributed by atoms with van der Waals surface area (Å²) in [6, 6.07) is -0.279. The fourth-order valence-corrected chi connectivity index (χ4v) is 4.82. The Bertz CT molecular complexity index is 564. The van der Waals surface area contributed by atoms with Crippen LogP contribution >= 0.6 is 0 Å². The van der Waals surface area contributed by atoms with Gasteiger partial charge in [-0.2, -0.15) is 0 Å². The molecule has 2 aliphatic carbocycles. The quantitative estimate of drug-likeness (QED) is 0.768. The molecule has 1 heterocycles. The molecular formula is C19H31N3O3. The first kappa shape index (κ1) is 18.2. The average Bonchev–Trinajstić information content (AvgIpc) is 2.80. The number of urea groups is 1. The summed E-state index contributed by atoms with van der Waals surface area (Å²) in [5.41, 5.74) is -0.789. The smallest absolute Gasteiger partial charge is 0.325 e. The summed E-state index contributed by atoms with van der Waals surface area (Å²) in [5, 5.41) is 5.96. The monoisotopic (exact) mass is 349 g/mol. The molecule has 6 heteroatoms. The van der Waals surface area contributed by atoms with E-state index in [4.69, 9.17) is 0 Å². The lowest BCUT2D eigenvalue weighted by molar-refractivity contribution is -0.137. The fraction of sp³-hybridized carbons (Fsp3) is 0.842. The molecule has 4 amide bonds. The average molecular weight is 349 g/mol. The molecule has 0 aromatic carbocycles. The molecule has 0 aromatic heterocycles. The maximum atomic E-state index is 12.9. The summed E-state index contributed by atoms with van der Waals surface area (Å²) in [5.74, 6) is 0.678. The third-order valence-corrected chi connectivity index (χ3v) is 6.86. The van der Waals surface area contributed by atoms with Crippen LogP contribution in [0.4, 0.5) is 4.79 Å². The molecule has 0 radical (unpaired) electrons. The lowest BCUT2D eigenvalue weighted by Gasteiger charge is -2.37. The van der Waals surface area contributed by atoms with Gasteiger partial charge >= 0.3 is 6.03 Å². The van der Waals surface area contributed by atoms with Gasteiger partial charge in [0.15, 0.2) is 0 Å². The predicted octanol–water partition coefficient (Wildman–Crippen LogP) is 2.43. The number of imide groups is 1. The maximum Gasteiger partial charge on any atom is 0.325 e. The molecule has 2 N–H and O–H groups in total. The number of hydrogen-bond donors (Lipinski definition) is 2. The van der Waals surface area contributed by atoms with Gasteiger partial charge in [0.2, 0.25) is 5.91 Å². The highest BCUT2D eigenvalue weighted by molar-refractivity contribution is 6.09. The van der Waals surface area contributed by atoms with Crippen LogP contribution in [0.5, 0.6) is 0 Å². The van der Waals surface area contributed by atoms with Gasteiger partial charge in [0.05, 0.1) is 0 Å². The first-order valence-electron chi connectivity index (χ1n) is 9.78. The van der Waals surface area contributed by atoms with Gasteiger partial charge in [-0.25, -0.2) is 4.79 Å². The van der Waals surface area contributed by atoms with Crippen LogP contribution in [0.1, 0.15) is 65.7 Å². The van der Waals surface area contributed by atoms with Gasteiger partial charge in [0.1, 0.15) is 12.1 Å². The van der Waals surface area contributed by atoms with Crippen LogP contribution in [0.25, 0.3) is 0 Å². The molecular weight excluding hydrogens is 318 g/mol. The van der Waals surface area contributed by atoms with E-state index in [1.165, 1.54) is 6.42 Å². The van der Waals surface area contributed by atoms with Crippen LogP contribution in [-0.4, -0.2) is 40.9 Å². The van der Waals surface area contributed by atoms with Gasteiger partial charge in [-0.3, -0.25) is 14.5 Å². The van der Waals surface area contributed by atoms with Crippen molar-refractivity contribution in [2.75, 3.05) is 6.54 Å². The Hall–Kier alpha value is -1.59. The molecule has 2 saturated carbocycles. The third kappa shape index (κ3) is 3.27. The molecule has 0 bridgehead atoms. The molecule has 0 aromatic rings. The van der Waals surface area contributed by atoms with Crippen LogP contribution in [0.15, 0.2) is 0 Å². The summed E-state index contributed by atoms with van der Waals surface area (Å²) < 4.78 is 0. The molecule has 3 fully saturated rings. The molecule has 3 aliphatic rings. The van der Waals surface area contributed by atoms with E-state index in [1.54, 1.807) is 0 Å². The van der Waals surface area contributed by atoms with Crippen molar-refractivity contribution in [1.82, 2.24) is 15.5 Å². The van der Waals surface area contributed by atoms with E-state index in [2.05, 4.69) is 24.5 Å². The number of nitrogens with one attached hydrogen (secondary N) is 2. The molecule has 1 spiro atoms. The Balaban J connectivity index is 1.63. The first-order chi connectivity index (χ1) is 11.8. The van der Waals surface area contributed by atoms with E-state index in [0.717, 1.165) is 37.0 Å². The number of carbonyl (C=O) groups excluding carboxylic acids is 3. The van der Waals surface area contributed by atoms with E-state index < -0.39 is 11.6 Å². The Morgan fingerprint density at radius 2 is 1.92 bits per heavy atom. The van der Waals surface area contributed by atoms with Crippen molar-refractivity contribution < 1.29 is 14.4 Å². The topological polar surface area (TPSA) is 78.5 Å². The highest BCUT2D eigenvalue weighted by atomic mass is 16.2. The third-order valence-electron chi connectivity index (χ3n) is 6.86. The summed E-state index contributed by atoms with van der Waals surface area (Å²) in [6.45, 7) is 6.23.